The SMILES string of the molecule is Cc1cccc(Nc2c(Cl)cc(N)cc2Cl)c1C. The molecule has 4 heteroatoms. The normalized spacial score (nSPS) is 10.4. The van der Waals surface area contributed by atoms with Gasteiger partial charge in [-0.15, -0.1) is 0 Å². The Bertz CT molecular complexity index is 571. The summed E-state index contributed by atoms with van der Waals surface area (Å²) in [5.74, 6) is 0. The average molecular weight is 281 g/mol. The predicted octanol–water partition coefficient (Wildman–Crippen LogP) is 4.94. The maximum absolute atomic E-state index is 6.15. The summed E-state index contributed by atoms with van der Waals surface area (Å²) < 4.78 is 0. The average Bonchev–Trinajstić information content (AvgIpc) is 2.28. The zero-order valence-corrected chi connectivity index (χ0v) is 11.7. The summed E-state index contributed by atoms with van der Waals surface area (Å²) in [7, 11) is 0. The molecule has 0 radical (unpaired) electrons. The molecule has 0 saturated carbocycles. The molecule has 0 atom stereocenters. The molecule has 2 aromatic rings. The van der Waals surface area contributed by atoms with Crippen molar-refractivity contribution in [3.8, 4) is 0 Å². The molecule has 3 N–H and O–H groups in total. The number of hydrogen-bond donors (Lipinski definition) is 2. The van der Waals surface area contributed by atoms with Crippen LogP contribution in [-0.4, -0.2) is 0 Å². The minimum Gasteiger partial charge on any atom is -0.399 e. The summed E-state index contributed by atoms with van der Waals surface area (Å²) in [5, 5.41) is 4.29. The Balaban J connectivity index is 2.43. The number of rotatable bonds is 2. The second-order valence-electron chi connectivity index (χ2n) is 4.23. The molecule has 0 saturated heterocycles. The first-order valence-corrected chi connectivity index (χ1v) is 6.32. The quantitative estimate of drug-likeness (QED) is 0.765. The van der Waals surface area contributed by atoms with E-state index in [0.29, 0.717) is 21.4 Å². The fourth-order valence-corrected chi connectivity index (χ4v) is 2.33. The van der Waals surface area contributed by atoms with Crippen LogP contribution in [0.15, 0.2) is 30.3 Å². The lowest BCUT2D eigenvalue weighted by Crippen LogP contribution is -1.97. The van der Waals surface area contributed by atoms with Gasteiger partial charge in [-0.05, 0) is 43.2 Å². The minimum atomic E-state index is 0.515. The van der Waals surface area contributed by atoms with E-state index in [0.717, 1.165) is 5.69 Å². The molecule has 0 amide bonds. The van der Waals surface area contributed by atoms with Crippen LogP contribution < -0.4 is 11.1 Å². The zero-order chi connectivity index (χ0) is 13.3. The van der Waals surface area contributed by atoms with Crippen molar-refractivity contribution in [3.05, 3.63) is 51.5 Å². The maximum Gasteiger partial charge on any atom is 0.0764 e. The van der Waals surface area contributed by atoms with Gasteiger partial charge in [0.1, 0.15) is 0 Å². The molecule has 0 aliphatic carbocycles. The van der Waals surface area contributed by atoms with Gasteiger partial charge in [-0.1, -0.05) is 35.3 Å². The van der Waals surface area contributed by atoms with Gasteiger partial charge in [0.2, 0.25) is 0 Å². The molecule has 2 aromatic carbocycles. The number of nitrogens with one attached hydrogen (secondary N) is 1. The van der Waals surface area contributed by atoms with Gasteiger partial charge < -0.3 is 11.1 Å². The Labute approximate surface area is 117 Å². The number of nitrogens with two attached hydrogens (primary N) is 1. The van der Waals surface area contributed by atoms with Gasteiger partial charge in [-0.3, -0.25) is 0 Å². The Morgan fingerprint density at radius 1 is 1.06 bits per heavy atom. The summed E-state index contributed by atoms with van der Waals surface area (Å²) >= 11 is 12.3. The van der Waals surface area contributed by atoms with Crippen molar-refractivity contribution < 1.29 is 0 Å². The molecule has 0 aliphatic heterocycles. The molecule has 0 unspecified atom stereocenters. The highest BCUT2D eigenvalue weighted by molar-refractivity contribution is 6.39. The smallest absolute Gasteiger partial charge is 0.0764 e. The molecule has 18 heavy (non-hydrogen) atoms. The van der Waals surface area contributed by atoms with Gasteiger partial charge in [0.05, 0.1) is 15.7 Å². The summed E-state index contributed by atoms with van der Waals surface area (Å²) in [6.45, 7) is 4.11. The van der Waals surface area contributed by atoms with Crippen LogP contribution in [0.1, 0.15) is 11.1 Å². The van der Waals surface area contributed by atoms with Gasteiger partial charge in [0.15, 0.2) is 0 Å². The minimum absolute atomic E-state index is 0.515. The van der Waals surface area contributed by atoms with Gasteiger partial charge in [0.25, 0.3) is 0 Å². The molecular weight excluding hydrogens is 267 g/mol. The number of anilines is 3. The van der Waals surface area contributed by atoms with E-state index in [1.54, 1.807) is 12.1 Å². The van der Waals surface area contributed by atoms with E-state index < -0.39 is 0 Å². The Morgan fingerprint density at radius 3 is 2.28 bits per heavy atom. The van der Waals surface area contributed by atoms with Crippen molar-refractivity contribution in [2.24, 2.45) is 0 Å². The highest BCUT2D eigenvalue weighted by Gasteiger charge is 2.09. The Morgan fingerprint density at radius 2 is 1.67 bits per heavy atom. The van der Waals surface area contributed by atoms with Crippen LogP contribution in [0.3, 0.4) is 0 Å². The van der Waals surface area contributed by atoms with Crippen LogP contribution in [0, 0.1) is 13.8 Å². The van der Waals surface area contributed by atoms with Crippen LogP contribution in [-0.2, 0) is 0 Å². The second-order valence-corrected chi connectivity index (χ2v) is 5.05. The summed E-state index contributed by atoms with van der Waals surface area (Å²) in [5.41, 5.74) is 10.3. The fraction of sp³-hybridized carbons (Fsp3) is 0.143. The topological polar surface area (TPSA) is 38.0 Å². The van der Waals surface area contributed by atoms with Crippen LogP contribution in [0.5, 0.6) is 0 Å². The molecule has 0 heterocycles. The number of benzene rings is 2. The van der Waals surface area contributed by atoms with Crippen molar-refractivity contribution in [1.29, 1.82) is 0 Å². The molecule has 94 valence electrons. The van der Waals surface area contributed by atoms with Gasteiger partial charge >= 0.3 is 0 Å². The van der Waals surface area contributed by atoms with Gasteiger partial charge in [-0.25, -0.2) is 0 Å². The highest BCUT2D eigenvalue weighted by atomic mass is 35.5. The predicted molar refractivity (Wildman–Crippen MR) is 80.1 cm³/mol. The van der Waals surface area contributed by atoms with E-state index in [-0.39, 0.29) is 0 Å². The van der Waals surface area contributed by atoms with Crippen molar-refractivity contribution in [3.63, 3.8) is 0 Å². The largest absolute Gasteiger partial charge is 0.399 e. The molecule has 0 bridgehead atoms. The number of halogens is 2. The lowest BCUT2D eigenvalue weighted by molar-refractivity contribution is 1.33. The third-order valence-electron chi connectivity index (χ3n) is 2.93. The fourth-order valence-electron chi connectivity index (χ4n) is 1.73. The van der Waals surface area contributed by atoms with E-state index in [9.17, 15) is 0 Å². The molecule has 0 aliphatic rings. The molecule has 2 nitrogen and oxygen atoms in total. The molecular formula is C14H14Cl2N2. The molecule has 0 aromatic heterocycles. The zero-order valence-electron chi connectivity index (χ0n) is 10.2. The maximum atomic E-state index is 6.15. The van der Waals surface area contributed by atoms with E-state index in [2.05, 4.69) is 25.2 Å². The highest BCUT2D eigenvalue weighted by Crippen LogP contribution is 2.36. The van der Waals surface area contributed by atoms with Crippen LogP contribution in [0.4, 0.5) is 17.1 Å². The Hall–Kier alpha value is -1.38. The third-order valence-corrected chi connectivity index (χ3v) is 3.52. The van der Waals surface area contributed by atoms with Crippen molar-refractivity contribution in [2.45, 2.75) is 13.8 Å². The van der Waals surface area contributed by atoms with Crippen LogP contribution in [0.25, 0.3) is 0 Å². The van der Waals surface area contributed by atoms with Gasteiger partial charge in [-0.2, -0.15) is 0 Å². The summed E-state index contributed by atoms with van der Waals surface area (Å²) in [4.78, 5) is 0. The number of hydrogen-bond acceptors (Lipinski definition) is 2. The first-order valence-electron chi connectivity index (χ1n) is 5.57. The van der Waals surface area contributed by atoms with Crippen molar-refractivity contribution >= 4 is 40.3 Å². The second kappa shape index (κ2) is 5.09. The number of aryl methyl sites for hydroxylation is 1. The van der Waals surface area contributed by atoms with Gasteiger partial charge in [0, 0.05) is 11.4 Å². The third kappa shape index (κ3) is 2.55. The summed E-state index contributed by atoms with van der Waals surface area (Å²) in [6.07, 6.45) is 0. The van der Waals surface area contributed by atoms with Crippen LogP contribution in [0.2, 0.25) is 10.0 Å². The monoisotopic (exact) mass is 280 g/mol. The standard InChI is InChI=1S/C14H14Cl2N2/c1-8-4-3-5-13(9(8)2)18-14-11(15)6-10(17)7-12(14)16/h3-7,18H,17H2,1-2H3. The van der Waals surface area contributed by atoms with E-state index in [1.165, 1.54) is 11.1 Å². The number of nitrogen functional groups attached to an aromatic ring is 1. The van der Waals surface area contributed by atoms with Crippen molar-refractivity contribution in [1.82, 2.24) is 0 Å². The molecule has 0 fully saturated rings. The lowest BCUT2D eigenvalue weighted by Gasteiger charge is -2.14. The van der Waals surface area contributed by atoms with E-state index in [4.69, 9.17) is 28.9 Å². The van der Waals surface area contributed by atoms with E-state index in [1.807, 2.05) is 12.1 Å². The first kappa shape index (κ1) is 13.1. The van der Waals surface area contributed by atoms with Crippen molar-refractivity contribution in [2.75, 3.05) is 11.1 Å². The Kier molecular flexibility index (Phi) is 3.69. The van der Waals surface area contributed by atoms with Crippen LogP contribution >= 0.6 is 23.2 Å². The molecule has 0 spiro atoms. The lowest BCUT2D eigenvalue weighted by atomic mass is 10.1. The first-order chi connectivity index (χ1) is 8.49. The summed E-state index contributed by atoms with van der Waals surface area (Å²) in [6, 6.07) is 9.41. The molecule has 2 rings (SSSR count). The van der Waals surface area contributed by atoms with E-state index >= 15 is 0 Å².